The van der Waals surface area contributed by atoms with Gasteiger partial charge in [0, 0.05) is 0 Å². The molecule has 0 unspecified atom stereocenters. The van der Waals surface area contributed by atoms with E-state index in [1.807, 2.05) is 31.2 Å². The van der Waals surface area contributed by atoms with Crippen LogP contribution in [0, 0.1) is 0 Å². The van der Waals surface area contributed by atoms with Gasteiger partial charge in [-0.1, -0.05) is 45.9 Å². The van der Waals surface area contributed by atoms with Gasteiger partial charge in [-0.05, 0) is 54.2 Å². The fourth-order valence-electron chi connectivity index (χ4n) is 2.33. The Balaban J connectivity index is 0.000000251. The van der Waals surface area contributed by atoms with Gasteiger partial charge in [0.05, 0.1) is 20.8 Å². The number of ether oxygens (including phenoxy) is 3. The summed E-state index contributed by atoms with van der Waals surface area (Å²) in [5, 5.41) is 0. The molecule has 0 bridgehead atoms. The summed E-state index contributed by atoms with van der Waals surface area (Å²) in [5.41, 5.74) is 2.62. The van der Waals surface area contributed by atoms with Gasteiger partial charge in [-0.2, -0.15) is 0 Å². The Morgan fingerprint density at radius 3 is 1.68 bits per heavy atom. The minimum atomic E-state index is 0.514. The molecule has 3 heteroatoms. The average Bonchev–Trinajstić information content (AvgIpc) is 2.62. The highest BCUT2D eigenvalue weighted by molar-refractivity contribution is 5.43. The van der Waals surface area contributed by atoms with Crippen molar-refractivity contribution in [1.29, 1.82) is 0 Å². The maximum Gasteiger partial charge on any atom is 0.160 e. The highest BCUT2D eigenvalue weighted by atomic mass is 16.5. The molecule has 0 spiro atoms. The van der Waals surface area contributed by atoms with Gasteiger partial charge in [-0.3, -0.25) is 0 Å². The fourth-order valence-corrected chi connectivity index (χ4v) is 2.33. The van der Waals surface area contributed by atoms with Crippen molar-refractivity contribution in [3.05, 3.63) is 53.6 Å². The van der Waals surface area contributed by atoms with Crippen LogP contribution < -0.4 is 14.2 Å². The molecule has 0 saturated carbocycles. The fraction of sp³-hybridized carbons (Fsp3) is 0.455. The van der Waals surface area contributed by atoms with Gasteiger partial charge >= 0.3 is 0 Å². The van der Waals surface area contributed by atoms with Crippen molar-refractivity contribution in [2.45, 2.75) is 46.5 Å². The van der Waals surface area contributed by atoms with E-state index < -0.39 is 0 Å². The molecule has 2 aromatic carbocycles. The molecule has 0 aliphatic rings. The predicted octanol–water partition coefficient (Wildman–Crippen LogP) is 6.04. The highest BCUT2D eigenvalue weighted by Crippen LogP contribution is 2.30. The normalized spacial score (nSPS) is 10.3. The Morgan fingerprint density at radius 1 is 0.720 bits per heavy atom. The van der Waals surface area contributed by atoms with Crippen molar-refractivity contribution in [2.75, 3.05) is 20.8 Å². The molecular weight excluding hydrogens is 312 g/mol. The van der Waals surface area contributed by atoms with Crippen LogP contribution in [-0.2, 0) is 0 Å². The minimum absolute atomic E-state index is 0.514. The van der Waals surface area contributed by atoms with E-state index in [0.29, 0.717) is 11.8 Å². The van der Waals surface area contributed by atoms with E-state index in [1.165, 1.54) is 11.1 Å². The Morgan fingerprint density at radius 2 is 1.24 bits per heavy atom. The summed E-state index contributed by atoms with van der Waals surface area (Å²) in [7, 11) is 3.30. The first-order chi connectivity index (χ1) is 11.9. The van der Waals surface area contributed by atoms with Crippen LogP contribution in [0.5, 0.6) is 17.2 Å². The Hall–Kier alpha value is -2.16. The molecule has 2 aromatic rings. The zero-order valence-electron chi connectivity index (χ0n) is 16.6. The summed E-state index contributed by atoms with van der Waals surface area (Å²) in [4.78, 5) is 0. The zero-order chi connectivity index (χ0) is 18.8. The largest absolute Gasteiger partial charge is 0.494 e. The van der Waals surface area contributed by atoms with Crippen LogP contribution in [0.25, 0.3) is 0 Å². The molecule has 0 heterocycles. The maximum atomic E-state index is 5.34. The number of benzene rings is 2. The standard InChI is InChI=1S/C11H16O2.C11H16O/c1-8(2)9-5-6-10(12-3)11(7-9)13-4;1-4-12-11-7-5-10(6-8-11)9(2)3/h5-8H,1-4H3;5-9H,4H2,1-3H3. The van der Waals surface area contributed by atoms with E-state index >= 15 is 0 Å². The Labute approximate surface area is 152 Å². The molecule has 0 aromatic heterocycles. The molecule has 0 fully saturated rings. The van der Waals surface area contributed by atoms with Crippen molar-refractivity contribution in [1.82, 2.24) is 0 Å². The van der Waals surface area contributed by atoms with Gasteiger partial charge in [0.2, 0.25) is 0 Å². The SMILES string of the molecule is CCOc1ccc(C(C)C)cc1.COc1ccc(C(C)C)cc1OC. The van der Waals surface area contributed by atoms with Crippen molar-refractivity contribution >= 4 is 0 Å². The number of methoxy groups -OCH3 is 2. The molecule has 25 heavy (non-hydrogen) atoms. The third-order valence-electron chi connectivity index (χ3n) is 3.93. The quantitative estimate of drug-likeness (QED) is 0.640. The van der Waals surface area contributed by atoms with Gasteiger partial charge in [-0.15, -0.1) is 0 Å². The van der Waals surface area contributed by atoms with Crippen LogP contribution in [0.4, 0.5) is 0 Å². The van der Waals surface area contributed by atoms with Crippen LogP contribution in [-0.4, -0.2) is 20.8 Å². The number of rotatable bonds is 6. The van der Waals surface area contributed by atoms with Crippen LogP contribution in [0.2, 0.25) is 0 Å². The number of hydrogen-bond donors (Lipinski definition) is 0. The van der Waals surface area contributed by atoms with Gasteiger partial charge in [0.1, 0.15) is 5.75 Å². The molecule has 0 aliphatic carbocycles. The van der Waals surface area contributed by atoms with E-state index in [1.54, 1.807) is 14.2 Å². The molecule has 0 N–H and O–H groups in total. The number of hydrogen-bond acceptors (Lipinski definition) is 3. The summed E-state index contributed by atoms with van der Waals surface area (Å²) in [5.74, 6) is 3.66. The van der Waals surface area contributed by atoms with Gasteiger partial charge in [0.25, 0.3) is 0 Å². The molecule has 138 valence electrons. The van der Waals surface area contributed by atoms with E-state index in [-0.39, 0.29) is 0 Å². The molecule has 0 amide bonds. The highest BCUT2D eigenvalue weighted by Gasteiger charge is 2.06. The predicted molar refractivity (Wildman–Crippen MR) is 105 cm³/mol. The molecule has 0 aliphatic heterocycles. The first-order valence-corrected chi connectivity index (χ1v) is 8.87. The van der Waals surface area contributed by atoms with Gasteiger partial charge in [0.15, 0.2) is 11.5 Å². The van der Waals surface area contributed by atoms with Crippen molar-refractivity contribution in [2.24, 2.45) is 0 Å². The van der Waals surface area contributed by atoms with Crippen LogP contribution in [0.3, 0.4) is 0 Å². The lowest BCUT2D eigenvalue weighted by Gasteiger charge is -2.11. The van der Waals surface area contributed by atoms with E-state index in [9.17, 15) is 0 Å². The lowest BCUT2D eigenvalue weighted by molar-refractivity contribution is 0.340. The smallest absolute Gasteiger partial charge is 0.160 e. The van der Waals surface area contributed by atoms with Crippen LogP contribution in [0.1, 0.15) is 57.6 Å². The Kier molecular flexibility index (Phi) is 8.90. The van der Waals surface area contributed by atoms with E-state index in [0.717, 1.165) is 23.9 Å². The third-order valence-corrected chi connectivity index (χ3v) is 3.93. The third kappa shape index (κ3) is 6.69. The second-order valence-corrected chi connectivity index (χ2v) is 6.43. The molecule has 0 atom stereocenters. The maximum absolute atomic E-state index is 5.34. The zero-order valence-corrected chi connectivity index (χ0v) is 16.6. The lowest BCUT2D eigenvalue weighted by atomic mass is 10.0. The van der Waals surface area contributed by atoms with Crippen molar-refractivity contribution in [3.63, 3.8) is 0 Å². The van der Waals surface area contributed by atoms with E-state index in [2.05, 4.69) is 45.9 Å². The minimum Gasteiger partial charge on any atom is -0.494 e. The molecule has 0 radical (unpaired) electrons. The average molecular weight is 344 g/mol. The first-order valence-electron chi connectivity index (χ1n) is 8.87. The van der Waals surface area contributed by atoms with Crippen LogP contribution >= 0.6 is 0 Å². The molecule has 0 saturated heterocycles. The monoisotopic (exact) mass is 344 g/mol. The van der Waals surface area contributed by atoms with Crippen molar-refractivity contribution < 1.29 is 14.2 Å². The first kappa shape index (κ1) is 20.9. The van der Waals surface area contributed by atoms with Crippen LogP contribution in [0.15, 0.2) is 42.5 Å². The molecule has 2 rings (SSSR count). The summed E-state index contributed by atoms with van der Waals surface area (Å²) in [6, 6.07) is 14.3. The van der Waals surface area contributed by atoms with Gasteiger partial charge < -0.3 is 14.2 Å². The van der Waals surface area contributed by atoms with Crippen molar-refractivity contribution in [3.8, 4) is 17.2 Å². The molecule has 3 nitrogen and oxygen atoms in total. The molecular formula is C22H32O3. The second kappa shape index (κ2) is 10.7. The lowest BCUT2D eigenvalue weighted by Crippen LogP contribution is -1.93. The van der Waals surface area contributed by atoms with E-state index in [4.69, 9.17) is 14.2 Å². The Bertz CT molecular complexity index is 616. The summed E-state index contributed by atoms with van der Waals surface area (Å²) >= 11 is 0. The second-order valence-electron chi connectivity index (χ2n) is 6.43. The summed E-state index contributed by atoms with van der Waals surface area (Å²) in [6.45, 7) is 11.4. The summed E-state index contributed by atoms with van der Waals surface area (Å²) < 4.78 is 15.7. The topological polar surface area (TPSA) is 27.7 Å². The van der Waals surface area contributed by atoms with Gasteiger partial charge in [-0.25, -0.2) is 0 Å². The summed E-state index contributed by atoms with van der Waals surface area (Å²) in [6.07, 6.45) is 0.